The third kappa shape index (κ3) is 4.35. The summed E-state index contributed by atoms with van der Waals surface area (Å²) in [5.41, 5.74) is -0.901. The predicted molar refractivity (Wildman–Crippen MR) is 100 cm³/mol. The van der Waals surface area contributed by atoms with Gasteiger partial charge in [-0.05, 0) is 47.7 Å². The molecule has 1 aromatic rings. The summed E-state index contributed by atoms with van der Waals surface area (Å²) < 4.78 is 8.65. The van der Waals surface area contributed by atoms with Gasteiger partial charge in [-0.2, -0.15) is 5.10 Å². The molecule has 1 aliphatic heterocycles. The Morgan fingerprint density at radius 3 is 2.65 bits per heavy atom. The smallest absolute Gasteiger partial charge is 0.345 e. The lowest BCUT2D eigenvalue weighted by atomic mass is 9.95. The Balaban J connectivity index is 2.23. The average Bonchev–Trinajstić information content (AvgIpc) is 2.95. The summed E-state index contributed by atoms with van der Waals surface area (Å²) in [5, 5.41) is 4.62. The number of likely N-dealkylation sites (N-methyl/N-ethyl adjacent to an activating group) is 1. The van der Waals surface area contributed by atoms with Crippen LogP contribution in [0.4, 0.5) is 0 Å². The first-order valence-corrected chi connectivity index (χ1v) is 9.38. The van der Waals surface area contributed by atoms with Crippen molar-refractivity contribution in [1.29, 1.82) is 0 Å². The number of aromatic nitrogens is 3. The van der Waals surface area contributed by atoms with E-state index >= 15 is 0 Å². The molecular formula is C18H33N5O3. The summed E-state index contributed by atoms with van der Waals surface area (Å²) in [4.78, 5) is 29.3. The van der Waals surface area contributed by atoms with Gasteiger partial charge >= 0.3 is 5.69 Å². The molecule has 0 radical (unpaired) electrons. The Hall–Kier alpha value is -1.67. The van der Waals surface area contributed by atoms with Gasteiger partial charge in [-0.15, -0.1) is 0 Å². The highest BCUT2D eigenvalue weighted by molar-refractivity contribution is 5.84. The molecule has 0 unspecified atom stereocenters. The molecule has 8 heteroatoms. The fourth-order valence-corrected chi connectivity index (χ4v) is 3.34. The van der Waals surface area contributed by atoms with Gasteiger partial charge in [0.1, 0.15) is 11.4 Å². The van der Waals surface area contributed by atoms with E-state index in [0.717, 1.165) is 31.8 Å². The number of hydrogen-bond acceptors (Lipinski definition) is 5. The van der Waals surface area contributed by atoms with Crippen molar-refractivity contribution in [2.75, 3.05) is 40.8 Å². The molecular weight excluding hydrogens is 334 g/mol. The van der Waals surface area contributed by atoms with E-state index in [1.807, 2.05) is 30.8 Å². The Morgan fingerprint density at radius 1 is 1.38 bits per heavy atom. The predicted octanol–water partition coefficient (Wildman–Crippen LogP) is 0.757. The van der Waals surface area contributed by atoms with Crippen LogP contribution in [0.25, 0.3) is 0 Å². The highest BCUT2D eigenvalue weighted by Crippen LogP contribution is 2.27. The molecule has 0 bridgehead atoms. The quantitative estimate of drug-likeness (QED) is 0.711. The van der Waals surface area contributed by atoms with E-state index in [9.17, 15) is 9.59 Å². The molecule has 1 saturated heterocycles. The van der Waals surface area contributed by atoms with Crippen LogP contribution in [0, 0.1) is 0 Å². The van der Waals surface area contributed by atoms with E-state index in [2.05, 4.69) is 5.10 Å². The molecule has 2 rings (SSSR count). The molecule has 0 N–H and O–H groups in total. The number of methoxy groups -OCH3 is 1. The van der Waals surface area contributed by atoms with Crippen LogP contribution in [-0.4, -0.2) is 76.5 Å². The van der Waals surface area contributed by atoms with Gasteiger partial charge in [0.05, 0.1) is 6.54 Å². The second-order valence-electron chi connectivity index (χ2n) is 7.72. The molecule has 1 amide bonds. The van der Waals surface area contributed by atoms with Crippen LogP contribution in [0.5, 0.6) is 0 Å². The molecule has 1 atom stereocenters. The van der Waals surface area contributed by atoms with E-state index in [0.29, 0.717) is 19.6 Å². The van der Waals surface area contributed by atoms with Gasteiger partial charge < -0.3 is 14.5 Å². The first-order chi connectivity index (χ1) is 12.2. The van der Waals surface area contributed by atoms with Gasteiger partial charge in [0.25, 0.3) is 5.91 Å². The lowest BCUT2D eigenvalue weighted by Crippen LogP contribution is -2.50. The van der Waals surface area contributed by atoms with Crippen LogP contribution < -0.4 is 5.69 Å². The molecule has 148 valence electrons. The summed E-state index contributed by atoms with van der Waals surface area (Å²) in [5.74, 6) is 0.861. The van der Waals surface area contributed by atoms with Crippen molar-refractivity contribution in [3.8, 4) is 0 Å². The second-order valence-corrected chi connectivity index (χ2v) is 7.72. The number of hydrogen-bond donors (Lipinski definition) is 0. The minimum atomic E-state index is -0.836. The van der Waals surface area contributed by atoms with Gasteiger partial charge in [-0.25, -0.2) is 9.48 Å². The number of carbonyl (C=O) groups excluding carboxylic acids is 1. The van der Waals surface area contributed by atoms with Gasteiger partial charge in [0, 0.05) is 39.2 Å². The summed E-state index contributed by atoms with van der Waals surface area (Å²) in [6.07, 6.45) is 1.83. The molecule has 26 heavy (non-hydrogen) atoms. The minimum absolute atomic E-state index is 0.0119. The van der Waals surface area contributed by atoms with E-state index < -0.39 is 5.60 Å². The third-order valence-electron chi connectivity index (χ3n) is 5.13. The topological polar surface area (TPSA) is 72.6 Å². The summed E-state index contributed by atoms with van der Waals surface area (Å²) >= 11 is 0. The lowest BCUT2D eigenvalue weighted by molar-refractivity contribution is -0.152. The van der Waals surface area contributed by atoms with Crippen molar-refractivity contribution < 1.29 is 9.53 Å². The number of amides is 1. The van der Waals surface area contributed by atoms with Crippen molar-refractivity contribution >= 4 is 5.91 Å². The highest BCUT2D eigenvalue weighted by atomic mass is 16.5. The largest absolute Gasteiger partial charge is 0.369 e. The Labute approximate surface area is 155 Å². The van der Waals surface area contributed by atoms with E-state index in [1.165, 1.54) is 0 Å². The molecule has 1 fully saturated rings. The van der Waals surface area contributed by atoms with Crippen molar-refractivity contribution in [3.05, 3.63) is 16.3 Å². The number of carbonyl (C=O) groups is 1. The van der Waals surface area contributed by atoms with Crippen LogP contribution in [0.15, 0.2) is 4.79 Å². The molecule has 2 heterocycles. The molecule has 0 aliphatic carbocycles. The van der Waals surface area contributed by atoms with Crippen molar-refractivity contribution in [1.82, 2.24) is 24.1 Å². The van der Waals surface area contributed by atoms with Crippen LogP contribution in [-0.2, 0) is 22.6 Å². The number of likely N-dealkylation sites (tertiary alicyclic amines) is 1. The van der Waals surface area contributed by atoms with E-state index in [4.69, 9.17) is 4.74 Å². The first-order valence-electron chi connectivity index (χ1n) is 9.38. The molecule has 1 aromatic heterocycles. The van der Waals surface area contributed by atoms with Crippen LogP contribution in [0.3, 0.4) is 0 Å². The zero-order valence-electron chi connectivity index (χ0n) is 17.0. The normalized spacial score (nSPS) is 18.6. The third-order valence-corrected chi connectivity index (χ3v) is 5.13. The Bertz CT molecular complexity index is 677. The molecule has 8 nitrogen and oxygen atoms in total. The number of rotatable bonds is 7. The van der Waals surface area contributed by atoms with Crippen LogP contribution in [0.2, 0.25) is 0 Å². The van der Waals surface area contributed by atoms with E-state index in [1.54, 1.807) is 30.2 Å². The van der Waals surface area contributed by atoms with Crippen molar-refractivity contribution in [2.45, 2.75) is 58.2 Å². The molecule has 0 aromatic carbocycles. The maximum Gasteiger partial charge on any atom is 0.345 e. The number of nitrogens with zero attached hydrogens (tertiary/aromatic N) is 5. The number of ether oxygens (including phenoxy) is 1. The molecule has 0 spiro atoms. The Kier molecular flexibility index (Phi) is 6.63. The lowest BCUT2D eigenvalue weighted by Gasteiger charge is -2.36. The van der Waals surface area contributed by atoms with Gasteiger partial charge in [-0.1, -0.05) is 0 Å². The van der Waals surface area contributed by atoms with Crippen molar-refractivity contribution in [3.63, 3.8) is 0 Å². The van der Waals surface area contributed by atoms with Gasteiger partial charge in [0.2, 0.25) is 0 Å². The van der Waals surface area contributed by atoms with Crippen LogP contribution in [0.1, 0.15) is 45.4 Å². The Morgan fingerprint density at radius 2 is 2.08 bits per heavy atom. The minimum Gasteiger partial charge on any atom is -0.369 e. The fraction of sp³-hybridized carbons (Fsp3) is 0.833. The second kappa shape index (κ2) is 8.35. The zero-order valence-corrected chi connectivity index (χ0v) is 17.0. The first kappa shape index (κ1) is 20.6. The van der Waals surface area contributed by atoms with E-state index in [-0.39, 0.29) is 17.5 Å². The standard InChI is InChI=1S/C18H33N5O3/c1-7-22-15(19-23(17(22)25)12-11-20(4)5)14-9-8-10-21(13-14)16(24)18(2,3)26-6/h14H,7-13H2,1-6H3/t14-/m1/s1. The zero-order chi connectivity index (χ0) is 19.5. The van der Waals surface area contributed by atoms with Crippen molar-refractivity contribution in [2.24, 2.45) is 0 Å². The summed E-state index contributed by atoms with van der Waals surface area (Å²) in [6, 6.07) is 0. The number of piperidine rings is 1. The fourth-order valence-electron chi connectivity index (χ4n) is 3.34. The SMILES string of the molecule is CCn1c([C@@H]2CCCN(C(=O)C(C)(C)OC)C2)nn(CCN(C)C)c1=O. The summed E-state index contributed by atoms with van der Waals surface area (Å²) in [7, 11) is 5.51. The highest BCUT2D eigenvalue weighted by Gasteiger charge is 2.36. The molecule has 1 aliphatic rings. The summed E-state index contributed by atoms with van der Waals surface area (Å²) in [6.45, 7) is 8.76. The van der Waals surface area contributed by atoms with Gasteiger partial charge in [-0.3, -0.25) is 9.36 Å². The maximum absolute atomic E-state index is 12.7. The van der Waals surface area contributed by atoms with Crippen LogP contribution >= 0.6 is 0 Å². The molecule has 0 saturated carbocycles. The van der Waals surface area contributed by atoms with Gasteiger partial charge in [0.15, 0.2) is 0 Å². The maximum atomic E-state index is 12.7. The average molecular weight is 367 g/mol. The monoisotopic (exact) mass is 367 g/mol.